The smallest absolute Gasteiger partial charge is 0.259 e. The van der Waals surface area contributed by atoms with Gasteiger partial charge >= 0.3 is 0 Å². The summed E-state index contributed by atoms with van der Waals surface area (Å²) in [6.45, 7) is 22.0. The highest BCUT2D eigenvalue weighted by Gasteiger charge is 2.71. The van der Waals surface area contributed by atoms with Crippen LogP contribution < -0.4 is 15.6 Å². The zero-order valence-electron chi connectivity index (χ0n) is 48.8. The molecule has 4 unspecified atom stereocenters. The number of methoxy groups -OCH3 is 2. The minimum atomic E-state index is -0.619. The van der Waals surface area contributed by atoms with Crippen molar-refractivity contribution in [1.29, 1.82) is 0 Å². The van der Waals surface area contributed by atoms with Crippen LogP contribution in [0, 0.1) is 40.4 Å². The Bertz CT molecular complexity index is 2600. The van der Waals surface area contributed by atoms with Crippen molar-refractivity contribution in [2.24, 2.45) is 40.4 Å². The highest BCUT2D eigenvalue weighted by atomic mass is 16.5. The Morgan fingerprint density at radius 3 is 2.48 bits per heavy atom. The van der Waals surface area contributed by atoms with Gasteiger partial charge in [0.25, 0.3) is 5.91 Å². The SMILES string of the molecule is C.CCn1c(-c2cc(C3CCCCC3)cnc2[C@H](C)OC)c(CC(C)(C)CC)c2cc(N(CCOC)CC[C@H]3C4CC5(COC5)C4C4C5CN(C6COC6)C[C@@]6(CCCN6[C@@H]4C(=O)N[C@@H]3C(=O)N3CCCCN3)C5)ccc21.CO.[HH].[HH]. The standard InChI is InChI=1S/C62H92N8O6.CH4O.CH4.2H2/c1-8-60(4,5)31-50-47-29-44(18-19-51(47)68(9-2)56(50)48-28-42(41-16-11-10-12-17-41)33-63-54(48)40(3)74-7)66(26-27-73-6)25-20-46-49-32-61(38-76-39-61)53(49)52-43-30-62(37-67(34-43)45-35-75-36-45)21-15-23-69(62)57(52)58(71)65-55(46)59(72)70-24-14-13-22-64-70;1-2;;;/h18-19,28-29,33,40-41,43,45-46,49,52-53,55,57,64H,8-17,20-27,30-32,34-39H2,1-7H3,(H,65,71);2H,1H3;1H4;2*1H/t40-,43?,46-,49?,52?,53?,55-,57-,62+;;;;/m0..../s1. The molecule has 9 heterocycles. The van der Waals surface area contributed by atoms with Crippen LogP contribution in [-0.4, -0.2) is 165 Å². The number of piperidine rings is 2. The maximum absolute atomic E-state index is 15.7. The lowest BCUT2D eigenvalue weighted by atomic mass is 9.41. The lowest BCUT2D eigenvalue weighted by molar-refractivity contribution is -0.276. The number of nitrogens with one attached hydrogen (secondary N) is 2. The van der Waals surface area contributed by atoms with E-state index in [4.69, 9.17) is 29.0 Å². The fourth-order valence-corrected chi connectivity index (χ4v) is 17.1. The Balaban J connectivity index is 0.00000170. The summed E-state index contributed by atoms with van der Waals surface area (Å²) in [5, 5.41) is 13.8. The van der Waals surface area contributed by atoms with Gasteiger partial charge in [0.2, 0.25) is 5.91 Å². The summed E-state index contributed by atoms with van der Waals surface area (Å²) in [7, 11) is 4.61. The molecule has 442 valence electrons. The zero-order valence-corrected chi connectivity index (χ0v) is 48.8. The Labute approximate surface area is 476 Å². The first-order chi connectivity index (χ1) is 37.9. The predicted molar refractivity (Wildman–Crippen MR) is 317 cm³/mol. The molecule has 15 heteroatoms. The number of hydrogen-bond acceptors (Lipinski definition) is 12. The number of likely N-dealkylation sites (tertiary alicyclic amines) is 1. The molecule has 2 spiro atoms. The van der Waals surface area contributed by atoms with Gasteiger partial charge in [-0.1, -0.05) is 53.9 Å². The van der Waals surface area contributed by atoms with E-state index >= 15 is 9.59 Å². The average Bonchev–Trinajstić information content (AvgIpc) is 4.05. The molecule has 9 fully saturated rings. The van der Waals surface area contributed by atoms with E-state index in [1.807, 2.05) is 5.01 Å². The molecule has 2 amide bonds. The number of anilines is 1. The summed E-state index contributed by atoms with van der Waals surface area (Å²) in [6, 6.07) is 9.29. The second kappa shape index (κ2) is 24.3. The van der Waals surface area contributed by atoms with Crippen molar-refractivity contribution in [1.82, 2.24) is 35.1 Å². The van der Waals surface area contributed by atoms with E-state index in [1.165, 1.54) is 71.1 Å². The number of pyridine rings is 1. The van der Waals surface area contributed by atoms with Gasteiger partial charge in [-0.05, 0) is 161 Å². The van der Waals surface area contributed by atoms with E-state index in [0.29, 0.717) is 43.5 Å². The van der Waals surface area contributed by atoms with Crippen molar-refractivity contribution in [3.8, 4) is 11.3 Å². The number of nitrogens with zero attached hydrogens (tertiary/aromatic N) is 6. The molecule has 2 bridgehead atoms. The summed E-state index contributed by atoms with van der Waals surface area (Å²) in [6.07, 6.45) is 17.5. The topological polar surface area (TPSA) is 146 Å². The third kappa shape index (κ3) is 10.6. The summed E-state index contributed by atoms with van der Waals surface area (Å²) in [5.74, 6) is 1.83. The first-order valence-corrected chi connectivity index (χ1v) is 30.8. The Hall–Kier alpha value is -3.67. The van der Waals surface area contributed by atoms with E-state index < -0.39 is 6.04 Å². The van der Waals surface area contributed by atoms with Crippen LogP contribution in [0.2, 0.25) is 0 Å². The van der Waals surface area contributed by atoms with Gasteiger partial charge in [0, 0.05) is 109 Å². The van der Waals surface area contributed by atoms with Crippen molar-refractivity contribution in [2.75, 3.05) is 105 Å². The highest BCUT2D eigenvalue weighted by Crippen LogP contribution is 2.67. The number of carbonyl (C=O) groups excluding carboxylic acids is 2. The largest absolute Gasteiger partial charge is 0.400 e. The average molecular weight is 1100 g/mol. The van der Waals surface area contributed by atoms with Crippen LogP contribution in [0.3, 0.4) is 0 Å². The van der Waals surface area contributed by atoms with Gasteiger partial charge in [0.1, 0.15) is 6.04 Å². The number of hydrazine groups is 1. The van der Waals surface area contributed by atoms with Crippen molar-refractivity contribution < 1.29 is 36.5 Å². The zero-order chi connectivity index (χ0) is 54.5. The molecule has 2 aromatic heterocycles. The minimum absolute atomic E-state index is 0. The normalized spacial score (nSPS) is 30.2. The lowest BCUT2D eigenvalue weighted by Crippen LogP contribution is -2.78. The van der Waals surface area contributed by atoms with Gasteiger partial charge < -0.3 is 38.8 Å². The molecule has 2 saturated carbocycles. The number of aryl methyl sites for hydroxylation is 1. The second-order valence-electron chi connectivity index (χ2n) is 26.3. The van der Waals surface area contributed by atoms with Gasteiger partial charge in [-0.15, -0.1) is 0 Å². The van der Waals surface area contributed by atoms with Crippen LogP contribution in [0.4, 0.5) is 5.69 Å². The number of benzene rings is 1. The number of hydrogen-bond donors (Lipinski definition) is 3. The van der Waals surface area contributed by atoms with Crippen LogP contribution in [0.25, 0.3) is 22.2 Å². The van der Waals surface area contributed by atoms with Crippen LogP contribution >= 0.6 is 0 Å². The molecule has 9 atom stereocenters. The Morgan fingerprint density at radius 1 is 1.01 bits per heavy atom. The van der Waals surface area contributed by atoms with Crippen LogP contribution in [0.5, 0.6) is 0 Å². The predicted octanol–water partition coefficient (Wildman–Crippen LogP) is 9.48. The van der Waals surface area contributed by atoms with Crippen LogP contribution in [0.1, 0.15) is 157 Å². The summed E-state index contributed by atoms with van der Waals surface area (Å²) in [5.41, 5.74) is 12.2. The van der Waals surface area contributed by atoms with E-state index in [-0.39, 0.29) is 68.4 Å². The third-order valence-electron chi connectivity index (χ3n) is 21.6. The van der Waals surface area contributed by atoms with Gasteiger partial charge in [-0.3, -0.25) is 29.4 Å². The number of aliphatic hydroxyl groups excluding tert-OH is 1. The quantitative estimate of drug-likeness (QED) is 0.118. The number of aromatic nitrogens is 2. The van der Waals surface area contributed by atoms with E-state index in [0.717, 1.165) is 136 Å². The van der Waals surface area contributed by atoms with Gasteiger partial charge in [0.05, 0.1) is 62.6 Å². The number of fused-ring (bicyclic) bond motifs is 8. The fourth-order valence-electron chi connectivity index (χ4n) is 17.1. The number of amides is 2. The molecule has 79 heavy (non-hydrogen) atoms. The van der Waals surface area contributed by atoms with E-state index in [1.54, 1.807) is 14.2 Å². The Kier molecular flexibility index (Phi) is 18.0. The number of ether oxygens (including phenoxy) is 4. The van der Waals surface area contributed by atoms with Crippen LogP contribution in [0.15, 0.2) is 30.5 Å². The molecule has 7 aliphatic heterocycles. The molecule has 9 aliphatic rings. The number of rotatable bonds is 17. The fraction of sp³-hybridized carbons (Fsp3) is 0.766. The van der Waals surface area contributed by atoms with Crippen molar-refractivity contribution in [3.63, 3.8) is 0 Å². The molecule has 1 aromatic carbocycles. The Morgan fingerprint density at radius 2 is 1.81 bits per heavy atom. The molecular weight excluding hydrogens is 993 g/mol. The van der Waals surface area contributed by atoms with Gasteiger partial charge in [0.15, 0.2) is 0 Å². The summed E-state index contributed by atoms with van der Waals surface area (Å²) >= 11 is 0. The first-order valence-electron chi connectivity index (χ1n) is 30.8. The highest BCUT2D eigenvalue weighted by molar-refractivity contribution is 5.95. The molecule has 7 saturated heterocycles. The molecule has 0 radical (unpaired) electrons. The number of aliphatic hydroxyl groups is 1. The minimum Gasteiger partial charge on any atom is -0.400 e. The molecule has 2 aliphatic carbocycles. The second-order valence-corrected chi connectivity index (χ2v) is 26.3. The molecule has 3 aromatic rings. The third-order valence-corrected chi connectivity index (χ3v) is 21.6. The van der Waals surface area contributed by atoms with Gasteiger partial charge in [-0.25, -0.2) is 5.43 Å². The molecule has 3 N–H and O–H groups in total. The van der Waals surface area contributed by atoms with Crippen LogP contribution in [-0.2, 0) is 41.5 Å². The molecule has 15 nitrogen and oxygen atoms in total. The van der Waals surface area contributed by atoms with Crippen molar-refractivity contribution in [3.05, 3.63) is 47.3 Å². The van der Waals surface area contributed by atoms with Gasteiger partial charge in [-0.2, -0.15) is 0 Å². The molecule has 12 rings (SSSR count). The van der Waals surface area contributed by atoms with Crippen molar-refractivity contribution in [2.45, 2.75) is 174 Å². The summed E-state index contributed by atoms with van der Waals surface area (Å²) in [4.78, 5) is 44.3. The number of carbonyl (C=O) groups is 2. The maximum atomic E-state index is 15.7. The first kappa shape index (κ1) is 58.5. The van der Waals surface area contributed by atoms with Crippen molar-refractivity contribution >= 4 is 28.4 Å². The maximum Gasteiger partial charge on any atom is 0.259 e. The summed E-state index contributed by atoms with van der Waals surface area (Å²) < 4.78 is 26.6. The monoisotopic (exact) mass is 1100 g/mol. The lowest BCUT2D eigenvalue weighted by Gasteiger charge is -2.70. The van der Waals surface area contributed by atoms with E-state index in [9.17, 15) is 0 Å². The van der Waals surface area contributed by atoms with E-state index in [2.05, 4.69) is 95.1 Å². The molecular formula is C64H104N8O7.